The number of ether oxygens (including phenoxy) is 1. The van der Waals surface area contributed by atoms with Crippen molar-refractivity contribution in [1.82, 2.24) is 9.88 Å². The summed E-state index contributed by atoms with van der Waals surface area (Å²) < 4.78 is 7.12. The second kappa shape index (κ2) is 6.24. The van der Waals surface area contributed by atoms with Gasteiger partial charge in [0.1, 0.15) is 0 Å². The van der Waals surface area contributed by atoms with Crippen LogP contribution in [-0.2, 0) is 16.0 Å². The molecule has 3 aliphatic rings. The van der Waals surface area contributed by atoms with Gasteiger partial charge in [-0.3, -0.25) is 4.79 Å². The molecule has 5 rings (SSSR count). The Labute approximate surface area is 161 Å². The van der Waals surface area contributed by atoms with Gasteiger partial charge in [0.2, 0.25) is 0 Å². The number of hydrogen-bond donors (Lipinski definition) is 1. The fraction of sp³-hybridized carbons (Fsp3) is 0.476. The highest BCUT2D eigenvalue weighted by Gasteiger charge is 2.40. The topological polar surface area (TPSA) is 45.3 Å². The number of nitrogens with one attached hydrogen (secondary N) is 1. The summed E-state index contributed by atoms with van der Waals surface area (Å²) in [5, 5.41) is 1.42. The van der Waals surface area contributed by atoms with Crippen molar-refractivity contribution in [2.75, 3.05) is 20.2 Å². The molecule has 1 fully saturated rings. The van der Waals surface area contributed by atoms with Crippen LogP contribution >= 0.6 is 15.9 Å². The normalized spacial score (nSPS) is 28.3. The summed E-state index contributed by atoms with van der Waals surface area (Å²) in [6.45, 7) is 1.77. The van der Waals surface area contributed by atoms with Crippen LogP contribution in [0.3, 0.4) is 0 Å². The molecule has 2 heterocycles. The number of ketones is 1. The number of carbonyl (C=O) groups is 1. The van der Waals surface area contributed by atoms with Crippen molar-refractivity contribution in [2.24, 2.45) is 5.92 Å². The summed E-state index contributed by atoms with van der Waals surface area (Å²) in [5.74, 6) is 2.12. The van der Waals surface area contributed by atoms with Crippen LogP contribution in [0.1, 0.15) is 36.3 Å². The minimum absolute atomic E-state index is 0.199. The third-order valence-corrected chi connectivity index (χ3v) is 7.01. The first-order chi connectivity index (χ1) is 12.6. The van der Waals surface area contributed by atoms with Gasteiger partial charge < -0.3 is 14.6 Å². The molecule has 3 atom stereocenters. The number of aromatic amines is 1. The lowest BCUT2D eigenvalue weighted by Crippen LogP contribution is -2.48. The highest BCUT2D eigenvalue weighted by atomic mass is 79.9. The van der Waals surface area contributed by atoms with E-state index >= 15 is 0 Å². The molecule has 4 nitrogen and oxygen atoms in total. The first kappa shape index (κ1) is 16.6. The van der Waals surface area contributed by atoms with Crippen molar-refractivity contribution in [3.8, 4) is 0 Å². The molecule has 2 aliphatic carbocycles. The molecule has 2 aromatic rings. The van der Waals surface area contributed by atoms with Crippen molar-refractivity contribution >= 4 is 32.6 Å². The Morgan fingerprint density at radius 1 is 1.35 bits per heavy atom. The predicted octanol–water partition coefficient (Wildman–Crippen LogP) is 4.15. The smallest absolute Gasteiger partial charge is 0.159 e. The molecular formula is C21H23BrN2O2. The van der Waals surface area contributed by atoms with Gasteiger partial charge in [0.05, 0.1) is 17.0 Å². The number of nitrogens with zero attached hydrogens (tertiary/aromatic N) is 1. The van der Waals surface area contributed by atoms with Crippen molar-refractivity contribution in [3.63, 3.8) is 0 Å². The molecule has 1 N–H and O–H groups in total. The Morgan fingerprint density at radius 3 is 3.04 bits per heavy atom. The molecule has 136 valence electrons. The second-order valence-corrected chi connectivity index (χ2v) is 8.79. The van der Waals surface area contributed by atoms with Crippen LogP contribution < -0.4 is 0 Å². The Kier molecular flexibility index (Phi) is 3.98. The van der Waals surface area contributed by atoms with Crippen LogP contribution in [0.4, 0.5) is 0 Å². The molecular weight excluding hydrogens is 392 g/mol. The number of likely N-dealkylation sites (tertiary alicyclic amines) is 1. The summed E-state index contributed by atoms with van der Waals surface area (Å²) in [5.41, 5.74) is 4.13. The Bertz CT molecular complexity index is 916. The number of H-pyrrole nitrogens is 1. The van der Waals surface area contributed by atoms with Crippen molar-refractivity contribution in [1.29, 1.82) is 0 Å². The average Bonchev–Trinajstić information content (AvgIpc) is 3.18. The Hall–Kier alpha value is -1.59. The van der Waals surface area contributed by atoms with Gasteiger partial charge in [-0.25, -0.2) is 0 Å². The van der Waals surface area contributed by atoms with Gasteiger partial charge in [-0.1, -0.05) is 12.1 Å². The fourth-order valence-electron chi connectivity index (χ4n) is 5.13. The molecule has 26 heavy (non-hydrogen) atoms. The van der Waals surface area contributed by atoms with Gasteiger partial charge in [0, 0.05) is 54.2 Å². The lowest BCUT2D eigenvalue weighted by molar-refractivity contribution is -0.114. The van der Waals surface area contributed by atoms with E-state index in [2.05, 4.69) is 51.1 Å². The highest BCUT2D eigenvalue weighted by Crippen LogP contribution is 2.46. The lowest BCUT2D eigenvalue weighted by Gasteiger charge is -2.45. The van der Waals surface area contributed by atoms with E-state index in [-0.39, 0.29) is 5.78 Å². The molecule has 0 spiro atoms. The van der Waals surface area contributed by atoms with E-state index in [0.717, 1.165) is 36.2 Å². The third-order valence-electron chi connectivity index (χ3n) is 6.33. The molecule has 0 amide bonds. The van der Waals surface area contributed by atoms with Gasteiger partial charge in [-0.2, -0.15) is 0 Å². The molecule has 0 radical (unpaired) electrons. The zero-order valence-corrected chi connectivity index (χ0v) is 16.5. The fourth-order valence-corrected chi connectivity index (χ4v) is 5.70. The number of aromatic nitrogens is 1. The largest absolute Gasteiger partial charge is 0.497 e. The lowest BCUT2D eigenvalue weighted by atomic mass is 9.72. The first-order valence-corrected chi connectivity index (χ1v) is 10.2. The van der Waals surface area contributed by atoms with Crippen LogP contribution in [0.25, 0.3) is 10.9 Å². The summed E-state index contributed by atoms with van der Waals surface area (Å²) in [7, 11) is 2.24. The Balaban J connectivity index is 1.41. The van der Waals surface area contributed by atoms with Crippen molar-refractivity contribution in [3.05, 3.63) is 45.8 Å². The number of hydrogen-bond acceptors (Lipinski definition) is 3. The number of allylic oxidation sites excluding steroid dienone is 2. The van der Waals surface area contributed by atoms with E-state index in [9.17, 15) is 4.79 Å². The van der Waals surface area contributed by atoms with Crippen LogP contribution in [0, 0.1) is 5.92 Å². The SMILES string of the molecule is CN1CC(COC2=CC(=O)CC2)CC2c3cccc4[nH]c(Br)c(c34)C[C@H]21. The van der Waals surface area contributed by atoms with Crippen LogP contribution in [0.2, 0.25) is 0 Å². The third kappa shape index (κ3) is 2.64. The molecule has 0 bridgehead atoms. The van der Waals surface area contributed by atoms with Crippen LogP contribution in [-0.4, -0.2) is 41.9 Å². The number of likely N-dealkylation sites (N-methyl/N-ethyl adjacent to an activating group) is 1. The standard InChI is InChI=1S/C21H23BrN2O2/c1-24-10-12(11-26-14-6-5-13(25)8-14)7-16-15-3-2-4-18-20(15)17(9-19(16)24)21(22)23-18/h2-4,8,12,16,19,23H,5-7,9-11H2,1H3/t12?,16?,19-/m1/s1. The van der Waals surface area contributed by atoms with E-state index in [1.54, 1.807) is 6.08 Å². The maximum absolute atomic E-state index is 11.4. The maximum atomic E-state index is 11.4. The molecule has 0 saturated carbocycles. The average molecular weight is 415 g/mol. The van der Waals surface area contributed by atoms with E-state index in [1.165, 1.54) is 22.0 Å². The predicted molar refractivity (Wildman–Crippen MR) is 105 cm³/mol. The number of fused-ring (bicyclic) bond motifs is 2. The quantitative estimate of drug-likeness (QED) is 0.819. The van der Waals surface area contributed by atoms with Crippen LogP contribution in [0.15, 0.2) is 34.6 Å². The summed E-state index contributed by atoms with van der Waals surface area (Å²) in [6.07, 6.45) is 5.30. The van der Waals surface area contributed by atoms with Crippen molar-refractivity contribution in [2.45, 2.75) is 37.6 Å². The summed E-state index contributed by atoms with van der Waals surface area (Å²) in [6, 6.07) is 7.19. The van der Waals surface area contributed by atoms with Gasteiger partial charge in [0.25, 0.3) is 0 Å². The minimum atomic E-state index is 0.199. The monoisotopic (exact) mass is 414 g/mol. The van der Waals surface area contributed by atoms with Gasteiger partial charge in [-0.15, -0.1) is 0 Å². The van der Waals surface area contributed by atoms with Crippen molar-refractivity contribution < 1.29 is 9.53 Å². The van der Waals surface area contributed by atoms with Crippen LogP contribution in [0.5, 0.6) is 0 Å². The Morgan fingerprint density at radius 2 is 2.23 bits per heavy atom. The molecule has 1 aliphatic heterocycles. The van der Waals surface area contributed by atoms with E-state index in [4.69, 9.17) is 4.74 Å². The van der Waals surface area contributed by atoms with E-state index in [1.807, 2.05) is 0 Å². The number of carbonyl (C=O) groups excluding carboxylic acids is 1. The summed E-state index contributed by atoms with van der Waals surface area (Å²) in [4.78, 5) is 17.4. The zero-order valence-electron chi connectivity index (χ0n) is 14.9. The van der Waals surface area contributed by atoms with Gasteiger partial charge in [-0.05, 0) is 53.0 Å². The number of rotatable bonds is 3. The van der Waals surface area contributed by atoms with Gasteiger partial charge in [0.15, 0.2) is 5.78 Å². The number of halogens is 1. The molecule has 5 heteroatoms. The number of piperidine rings is 1. The molecule has 1 aromatic heterocycles. The summed E-state index contributed by atoms with van der Waals surface area (Å²) >= 11 is 3.73. The molecule has 1 saturated heterocycles. The maximum Gasteiger partial charge on any atom is 0.159 e. The minimum Gasteiger partial charge on any atom is -0.497 e. The first-order valence-electron chi connectivity index (χ1n) is 9.45. The molecule has 1 aromatic carbocycles. The second-order valence-electron chi connectivity index (χ2n) is 7.99. The van der Waals surface area contributed by atoms with E-state index in [0.29, 0.717) is 30.9 Å². The van der Waals surface area contributed by atoms with Gasteiger partial charge >= 0.3 is 0 Å². The number of benzene rings is 1. The zero-order chi connectivity index (χ0) is 17.8. The highest BCUT2D eigenvalue weighted by molar-refractivity contribution is 9.10. The molecule has 2 unspecified atom stereocenters. The van der Waals surface area contributed by atoms with E-state index < -0.39 is 0 Å².